The van der Waals surface area contributed by atoms with E-state index in [1.807, 2.05) is 77.9 Å². The number of aliphatic hydroxyl groups is 2. The Morgan fingerprint density at radius 2 is 1.13 bits per heavy atom. The largest absolute Gasteiger partial charge is 0.444 e. The number of anilines is 2. The molecule has 6 atom stereocenters. The van der Waals surface area contributed by atoms with Crippen molar-refractivity contribution < 1.29 is 38.7 Å². The molecule has 0 spiro atoms. The highest BCUT2D eigenvalue weighted by molar-refractivity contribution is 5.68. The fourth-order valence-corrected chi connectivity index (χ4v) is 5.93. The maximum Gasteiger partial charge on any atom is 0.407 e. The third kappa shape index (κ3) is 8.81. The molecule has 0 aliphatic carbocycles. The van der Waals surface area contributed by atoms with Gasteiger partial charge in [-0.15, -0.1) is 0 Å². The zero-order valence-corrected chi connectivity index (χ0v) is 27.5. The van der Waals surface area contributed by atoms with E-state index in [4.69, 9.17) is 18.9 Å². The topological polar surface area (TPSA) is 160 Å². The molecule has 2 amide bonds. The number of carbonyl (C=O) groups excluding carboxylic acids is 2. The number of carbonyl (C=O) groups is 2. The minimum absolute atomic E-state index is 0.00104. The van der Waals surface area contributed by atoms with E-state index in [2.05, 4.69) is 21.3 Å². The average Bonchev–Trinajstić information content (AvgIpc) is 2.97. The lowest BCUT2D eigenvalue weighted by Crippen LogP contribution is -2.46. The van der Waals surface area contributed by atoms with E-state index in [0.717, 1.165) is 46.5 Å². The Kier molecular flexibility index (Phi) is 10.0. The molecule has 6 rings (SSSR count). The summed E-state index contributed by atoms with van der Waals surface area (Å²) < 4.78 is 21.9. The second kappa shape index (κ2) is 13.6. The van der Waals surface area contributed by atoms with Gasteiger partial charge in [-0.05, 0) is 76.9 Å². The van der Waals surface area contributed by atoms with Crippen LogP contribution >= 0.6 is 0 Å². The van der Waals surface area contributed by atoms with Gasteiger partial charge in [0.05, 0.1) is 49.7 Å². The van der Waals surface area contributed by atoms with Gasteiger partial charge in [-0.25, -0.2) is 9.59 Å². The number of amides is 2. The molecule has 12 nitrogen and oxygen atoms in total. The predicted octanol–water partition coefficient (Wildman–Crippen LogP) is 4.66. The lowest BCUT2D eigenvalue weighted by atomic mass is 9.89. The molecule has 12 heteroatoms. The summed E-state index contributed by atoms with van der Waals surface area (Å²) in [6, 6.07) is 12.0. The number of nitrogens with one attached hydrogen (secondary N) is 4. The van der Waals surface area contributed by atoms with Crippen molar-refractivity contribution in [2.45, 2.75) is 115 Å². The minimum Gasteiger partial charge on any atom is -0.444 e. The highest BCUT2D eigenvalue weighted by Crippen LogP contribution is 2.40. The van der Waals surface area contributed by atoms with E-state index in [1.54, 1.807) is 0 Å². The zero-order valence-electron chi connectivity index (χ0n) is 27.5. The van der Waals surface area contributed by atoms with Crippen LogP contribution in [0, 0.1) is 0 Å². The van der Waals surface area contributed by atoms with Crippen molar-refractivity contribution in [1.82, 2.24) is 10.6 Å². The lowest BCUT2D eigenvalue weighted by molar-refractivity contribution is -0.0672. The molecule has 4 bridgehead atoms. The van der Waals surface area contributed by atoms with Gasteiger partial charge in [0, 0.05) is 48.4 Å². The third-order valence-corrected chi connectivity index (χ3v) is 8.08. The van der Waals surface area contributed by atoms with Gasteiger partial charge in [-0.1, -0.05) is 12.1 Å². The maximum atomic E-state index is 11.7. The smallest absolute Gasteiger partial charge is 0.407 e. The van der Waals surface area contributed by atoms with Crippen molar-refractivity contribution in [3.8, 4) is 0 Å². The van der Waals surface area contributed by atoms with E-state index in [-0.39, 0.29) is 24.3 Å². The molecule has 0 radical (unpaired) electrons. The van der Waals surface area contributed by atoms with Gasteiger partial charge in [-0.3, -0.25) is 0 Å². The first kappa shape index (κ1) is 33.8. The lowest BCUT2D eigenvalue weighted by Gasteiger charge is -2.40. The molecular formula is C34H48N4O8. The normalized spacial score (nSPS) is 26.0. The van der Waals surface area contributed by atoms with Crippen LogP contribution in [0.3, 0.4) is 0 Å². The standard InChI is InChI=1S/2C17H24N2O4/c2*1-17(2,3)23-16(21)18-8-10-4-5-12-11(6-10)15-7-13(19-12)14(20)9-22-15/h2*4-6,13-15,19-20H,7-9H2,1-3H3,(H,18,21)/t13-,14+,15-;13-,14-,15-/m01/s1. The van der Waals surface area contributed by atoms with Gasteiger partial charge in [0.25, 0.3) is 0 Å². The summed E-state index contributed by atoms with van der Waals surface area (Å²) in [4.78, 5) is 23.5. The Bertz CT molecular complexity index is 1300. The van der Waals surface area contributed by atoms with Gasteiger partial charge in [-0.2, -0.15) is 0 Å². The zero-order chi connectivity index (χ0) is 33.2. The monoisotopic (exact) mass is 640 g/mol. The molecule has 46 heavy (non-hydrogen) atoms. The Morgan fingerprint density at radius 3 is 1.50 bits per heavy atom. The van der Waals surface area contributed by atoms with E-state index >= 15 is 0 Å². The van der Waals surface area contributed by atoms with Crippen LogP contribution in [0.4, 0.5) is 21.0 Å². The van der Waals surface area contributed by atoms with E-state index in [1.165, 1.54) is 0 Å². The van der Waals surface area contributed by atoms with Crippen LogP contribution in [0.15, 0.2) is 36.4 Å². The fourth-order valence-electron chi connectivity index (χ4n) is 5.93. The number of benzene rings is 2. The number of hydrogen-bond acceptors (Lipinski definition) is 10. The Labute approximate surface area is 270 Å². The summed E-state index contributed by atoms with van der Waals surface area (Å²) >= 11 is 0. The maximum absolute atomic E-state index is 11.7. The molecule has 2 aromatic carbocycles. The third-order valence-electron chi connectivity index (χ3n) is 8.08. The number of fused-ring (bicyclic) bond motifs is 8. The molecule has 2 fully saturated rings. The summed E-state index contributed by atoms with van der Waals surface area (Å²) in [5.74, 6) is 0. The van der Waals surface area contributed by atoms with Crippen LogP contribution in [0.5, 0.6) is 0 Å². The molecule has 4 heterocycles. The first-order valence-corrected chi connectivity index (χ1v) is 16.0. The minimum atomic E-state index is -0.504. The van der Waals surface area contributed by atoms with E-state index < -0.39 is 35.6 Å². The van der Waals surface area contributed by atoms with Gasteiger partial charge in [0.2, 0.25) is 0 Å². The Morgan fingerprint density at radius 1 is 0.739 bits per heavy atom. The fraction of sp³-hybridized carbons (Fsp3) is 0.588. The SMILES string of the molecule is CC(C)(C)OC(=O)NCc1ccc2c(c1)[C@@H]1C[C@H](N2)[C@H](O)CO1.CC(C)(C)OC(=O)NCc1ccc2c(c1)[C@H]1C[C@@H](N2)[C@H](O)CO1. The number of hydrogen-bond donors (Lipinski definition) is 6. The van der Waals surface area contributed by atoms with Crippen molar-refractivity contribution in [3.05, 3.63) is 58.7 Å². The first-order chi connectivity index (χ1) is 21.6. The highest BCUT2D eigenvalue weighted by atomic mass is 16.6. The second-order valence-corrected chi connectivity index (χ2v) is 14.3. The quantitative estimate of drug-likeness (QED) is 0.278. The summed E-state index contributed by atoms with van der Waals surface area (Å²) in [6.45, 7) is 12.5. The van der Waals surface area contributed by atoms with Crippen LogP contribution in [-0.4, -0.2) is 71.1 Å². The predicted molar refractivity (Wildman–Crippen MR) is 172 cm³/mol. The summed E-state index contributed by atoms with van der Waals surface area (Å²) in [7, 11) is 0. The van der Waals surface area contributed by atoms with E-state index in [9.17, 15) is 19.8 Å². The second-order valence-electron chi connectivity index (χ2n) is 14.3. The summed E-state index contributed by atoms with van der Waals surface area (Å²) in [5.41, 5.74) is 5.12. The van der Waals surface area contributed by atoms with Crippen LogP contribution in [0.2, 0.25) is 0 Å². The molecular weight excluding hydrogens is 592 g/mol. The van der Waals surface area contributed by atoms with Crippen molar-refractivity contribution >= 4 is 23.6 Å². The number of ether oxygens (including phenoxy) is 4. The van der Waals surface area contributed by atoms with Crippen molar-refractivity contribution in [3.63, 3.8) is 0 Å². The molecule has 252 valence electrons. The molecule has 4 aliphatic heterocycles. The molecule has 6 N–H and O–H groups in total. The molecule has 0 saturated carbocycles. The van der Waals surface area contributed by atoms with Crippen LogP contribution < -0.4 is 21.3 Å². The molecule has 0 unspecified atom stereocenters. The summed E-state index contributed by atoms with van der Waals surface area (Å²) in [6.07, 6.45) is -0.257. The van der Waals surface area contributed by atoms with Crippen LogP contribution in [0.1, 0.15) is 88.8 Å². The highest BCUT2D eigenvalue weighted by Gasteiger charge is 2.37. The Balaban J connectivity index is 0.000000181. The van der Waals surface area contributed by atoms with Gasteiger partial charge < -0.3 is 50.4 Å². The van der Waals surface area contributed by atoms with Crippen molar-refractivity contribution in [2.75, 3.05) is 23.8 Å². The molecule has 0 aromatic heterocycles. The number of rotatable bonds is 4. The average molecular weight is 641 g/mol. The first-order valence-electron chi connectivity index (χ1n) is 16.0. The van der Waals surface area contributed by atoms with Crippen molar-refractivity contribution in [2.24, 2.45) is 0 Å². The van der Waals surface area contributed by atoms with Crippen molar-refractivity contribution in [1.29, 1.82) is 0 Å². The summed E-state index contributed by atoms with van der Waals surface area (Å²) in [5, 5.41) is 32.0. The molecule has 2 saturated heterocycles. The van der Waals surface area contributed by atoms with Gasteiger partial charge in [0.1, 0.15) is 11.2 Å². The number of aliphatic hydroxyl groups excluding tert-OH is 2. The number of alkyl carbamates (subject to hydrolysis) is 2. The molecule has 4 aliphatic rings. The van der Waals surface area contributed by atoms with Crippen LogP contribution in [-0.2, 0) is 32.0 Å². The van der Waals surface area contributed by atoms with Crippen LogP contribution in [0.25, 0.3) is 0 Å². The van der Waals surface area contributed by atoms with E-state index in [0.29, 0.717) is 26.3 Å². The van der Waals surface area contributed by atoms with Gasteiger partial charge >= 0.3 is 12.2 Å². The molecule has 2 aromatic rings. The van der Waals surface area contributed by atoms with Gasteiger partial charge in [0.15, 0.2) is 0 Å². The Hall–Kier alpha value is -3.58.